The molecule has 1 N–H and O–H groups in total. The molecule has 0 spiro atoms. The molecule has 0 saturated heterocycles. The maximum Gasteiger partial charge on any atom is 0.337 e. The highest BCUT2D eigenvalue weighted by Crippen LogP contribution is 2.31. The van der Waals surface area contributed by atoms with E-state index in [1.54, 1.807) is 17.4 Å². The van der Waals surface area contributed by atoms with E-state index in [2.05, 4.69) is 41.4 Å². The molecule has 1 aliphatic carbocycles. The second-order valence-electron chi connectivity index (χ2n) is 6.31. The minimum atomic E-state index is -0.334. The third-order valence-electron chi connectivity index (χ3n) is 4.32. The molecule has 1 aliphatic rings. The molecule has 1 aromatic heterocycles. The first-order chi connectivity index (χ1) is 14.1. The Morgan fingerprint density at radius 3 is 2.86 bits per heavy atom. The summed E-state index contributed by atoms with van der Waals surface area (Å²) < 4.78 is 8.30. The SMILES string of the molecule is C=C1C=C(CC(NSc2cccc(C(=O)OC)c2)c2nccs2)C=CC1C.CC. The van der Waals surface area contributed by atoms with Crippen molar-refractivity contribution < 1.29 is 9.53 Å². The van der Waals surface area contributed by atoms with Gasteiger partial charge in [0, 0.05) is 16.5 Å². The van der Waals surface area contributed by atoms with Gasteiger partial charge in [-0.2, -0.15) is 0 Å². The fourth-order valence-electron chi connectivity index (χ4n) is 2.70. The van der Waals surface area contributed by atoms with Gasteiger partial charge in [0.15, 0.2) is 0 Å². The van der Waals surface area contributed by atoms with Gasteiger partial charge in [0.05, 0.1) is 18.7 Å². The Balaban J connectivity index is 0.00000145. The third kappa shape index (κ3) is 6.70. The van der Waals surface area contributed by atoms with Crippen LogP contribution in [0, 0.1) is 5.92 Å². The largest absolute Gasteiger partial charge is 0.465 e. The number of hydrogen-bond donors (Lipinski definition) is 1. The number of aromatic nitrogens is 1. The maximum absolute atomic E-state index is 11.7. The zero-order valence-corrected chi connectivity index (χ0v) is 19.0. The predicted octanol–water partition coefficient (Wildman–Crippen LogP) is 6.37. The number of rotatable bonds is 7. The van der Waals surface area contributed by atoms with E-state index in [0.717, 1.165) is 21.9 Å². The minimum absolute atomic E-state index is 0.0638. The summed E-state index contributed by atoms with van der Waals surface area (Å²) in [6, 6.07) is 7.46. The number of thiazole rings is 1. The van der Waals surface area contributed by atoms with Crippen LogP contribution in [0.1, 0.15) is 48.6 Å². The van der Waals surface area contributed by atoms with E-state index in [1.165, 1.54) is 24.6 Å². The van der Waals surface area contributed by atoms with E-state index in [-0.39, 0.29) is 12.0 Å². The summed E-state index contributed by atoms with van der Waals surface area (Å²) >= 11 is 3.13. The molecule has 0 aliphatic heterocycles. The number of methoxy groups -OCH3 is 1. The zero-order chi connectivity index (χ0) is 21.2. The molecule has 2 unspecified atom stereocenters. The number of nitrogens with one attached hydrogen (secondary N) is 1. The number of carbonyl (C=O) groups is 1. The molecule has 2 aromatic rings. The van der Waals surface area contributed by atoms with E-state index >= 15 is 0 Å². The normalized spacial score (nSPS) is 16.5. The van der Waals surface area contributed by atoms with E-state index < -0.39 is 0 Å². The Labute approximate surface area is 181 Å². The van der Waals surface area contributed by atoms with Crippen molar-refractivity contribution in [3.63, 3.8) is 0 Å². The van der Waals surface area contributed by atoms with Gasteiger partial charge in [-0.3, -0.25) is 0 Å². The highest BCUT2D eigenvalue weighted by molar-refractivity contribution is 7.97. The zero-order valence-electron chi connectivity index (χ0n) is 17.3. The van der Waals surface area contributed by atoms with Gasteiger partial charge >= 0.3 is 5.97 Å². The lowest BCUT2D eigenvalue weighted by Gasteiger charge is -2.20. The van der Waals surface area contributed by atoms with E-state index in [0.29, 0.717) is 11.5 Å². The van der Waals surface area contributed by atoms with Crippen molar-refractivity contribution in [2.24, 2.45) is 5.92 Å². The standard InChI is InChI=1S/C21H22N2O2S2.C2H6/c1-14-7-8-16(11-15(14)2)12-19(20-22-9-10-26-20)23-27-18-6-4-5-17(13-18)21(24)25-3;1-2/h4-11,13-14,19,23H,2,12H2,1,3H3;1-2H3. The molecular weight excluding hydrogens is 400 g/mol. The molecule has 3 rings (SSSR count). The summed E-state index contributed by atoms with van der Waals surface area (Å²) in [6.07, 6.45) is 9.16. The Hall–Kier alpha value is -2.15. The van der Waals surface area contributed by atoms with Crippen LogP contribution < -0.4 is 4.72 Å². The molecule has 0 bridgehead atoms. The molecule has 6 heteroatoms. The van der Waals surface area contributed by atoms with Crippen LogP contribution in [0.25, 0.3) is 0 Å². The summed E-state index contributed by atoms with van der Waals surface area (Å²) in [5.41, 5.74) is 2.90. The van der Waals surface area contributed by atoms with Crippen LogP contribution >= 0.6 is 23.3 Å². The molecule has 29 heavy (non-hydrogen) atoms. The van der Waals surface area contributed by atoms with Gasteiger partial charge in [0.2, 0.25) is 0 Å². The second-order valence-corrected chi connectivity index (χ2v) is 8.15. The molecule has 0 saturated carbocycles. The van der Waals surface area contributed by atoms with E-state index in [1.807, 2.05) is 43.6 Å². The summed E-state index contributed by atoms with van der Waals surface area (Å²) in [6.45, 7) is 10.3. The third-order valence-corrected chi connectivity index (χ3v) is 6.10. The Bertz CT molecular complexity index is 873. The number of nitrogens with zero attached hydrogens (tertiary/aromatic N) is 1. The molecule has 2 atom stereocenters. The smallest absolute Gasteiger partial charge is 0.337 e. The number of esters is 1. The van der Waals surface area contributed by atoms with Crippen molar-refractivity contribution in [1.82, 2.24) is 9.71 Å². The van der Waals surface area contributed by atoms with Gasteiger partial charge < -0.3 is 4.74 Å². The van der Waals surface area contributed by atoms with Gasteiger partial charge in [-0.05, 0) is 53.6 Å². The van der Waals surface area contributed by atoms with E-state index in [9.17, 15) is 4.79 Å². The van der Waals surface area contributed by atoms with Crippen LogP contribution in [0.2, 0.25) is 0 Å². The Morgan fingerprint density at radius 1 is 1.41 bits per heavy atom. The van der Waals surface area contributed by atoms with Crippen LogP contribution in [0.15, 0.2) is 76.7 Å². The fourth-order valence-corrected chi connectivity index (χ4v) is 4.27. The first-order valence-corrected chi connectivity index (χ1v) is 11.3. The summed E-state index contributed by atoms with van der Waals surface area (Å²) in [7, 11) is 1.39. The second kappa shape index (κ2) is 11.8. The van der Waals surface area contributed by atoms with Crippen LogP contribution in [0.3, 0.4) is 0 Å². The fraction of sp³-hybridized carbons (Fsp3) is 0.304. The Morgan fingerprint density at radius 2 is 2.21 bits per heavy atom. The summed E-state index contributed by atoms with van der Waals surface area (Å²) in [5.74, 6) is 0.0505. The summed E-state index contributed by atoms with van der Waals surface area (Å²) in [5, 5.41) is 3.02. The van der Waals surface area contributed by atoms with E-state index in [4.69, 9.17) is 4.74 Å². The number of allylic oxidation sites excluding steroid dienone is 4. The van der Waals surface area contributed by atoms with Crippen LogP contribution in [0.4, 0.5) is 0 Å². The molecule has 1 heterocycles. The number of ether oxygens (including phenoxy) is 1. The van der Waals surface area contributed by atoms with Gasteiger partial charge in [-0.15, -0.1) is 11.3 Å². The monoisotopic (exact) mass is 428 g/mol. The molecule has 4 nitrogen and oxygen atoms in total. The van der Waals surface area contributed by atoms with Crippen molar-refractivity contribution in [1.29, 1.82) is 0 Å². The predicted molar refractivity (Wildman–Crippen MR) is 123 cm³/mol. The molecular formula is C23H28N2O2S2. The lowest BCUT2D eigenvalue weighted by Crippen LogP contribution is -2.15. The Kier molecular flexibility index (Phi) is 9.38. The highest BCUT2D eigenvalue weighted by Gasteiger charge is 2.18. The topological polar surface area (TPSA) is 51.2 Å². The first-order valence-electron chi connectivity index (χ1n) is 9.64. The summed E-state index contributed by atoms with van der Waals surface area (Å²) in [4.78, 5) is 17.2. The average Bonchev–Trinajstić information content (AvgIpc) is 3.29. The van der Waals surface area contributed by atoms with Gasteiger partial charge in [0.1, 0.15) is 5.01 Å². The highest BCUT2D eigenvalue weighted by atomic mass is 32.2. The minimum Gasteiger partial charge on any atom is -0.465 e. The lowest BCUT2D eigenvalue weighted by molar-refractivity contribution is 0.0600. The van der Waals surface area contributed by atoms with Crippen molar-refractivity contribution in [2.75, 3.05) is 7.11 Å². The van der Waals surface area contributed by atoms with Crippen LogP contribution in [0.5, 0.6) is 0 Å². The molecule has 1 aromatic carbocycles. The molecule has 0 fully saturated rings. The van der Waals surface area contributed by atoms with Crippen molar-refractivity contribution in [3.8, 4) is 0 Å². The first kappa shape index (κ1) is 23.1. The van der Waals surface area contributed by atoms with Crippen molar-refractivity contribution in [3.05, 3.63) is 82.4 Å². The van der Waals surface area contributed by atoms with Crippen LogP contribution in [-0.2, 0) is 4.74 Å². The average molecular weight is 429 g/mol. The number of hydrogen-bond acceptors (Lipinski definition) is 6. The van der Waals surface area contributed by atoms with Gasteiger partial charge in [-0.1, -0.05) is 51.6 Å². The molecule has 0 amide bonds. The number of benzene rings is 1. The maximum atomic E-state index is 11.7. The molecule has 0 radical (unpaired) electrons. The lowest BCUT2D eigenvalue weighted by atomic mass is 9.91. The van der Waals surface area contributed by atoms with Gasteiger partial charge in [0.25, 0.3) is 0 Å². The van der Waals surface area contributed by atoms with Crippen LogP contribution in [-0.4, -0.2) is 18.1 Å². The number of carbonyl (C=O) groups excluding carboxylic acids is 1. The molecule has 154 valence electrons. The quantitative estimate of drug-likeness (QED) is 0.410. The van der Waals surface area contributed by atoms with Crippen molar-refractivity contribution >= 4 is 29.3 Å². The van der Waals surface area contributed by atoms with Crippen molar-refractivity contribution in [2.45, 2.75) is 38.1 Å². The van der Waals surface area contributed by atoms with Gasteiger partial charge in [-0.25, -0.2) is 14.5 Å².